The van der Waals surface area contributed by atoms with E-state index >= 15 is 0 Å². The van der Waals surface area contributed by atoms with Gasteiger partial charge in [-0.05, 0) is 68.9 Å². The molecule has 11 heteroatoms. The molecule has 232 valence electrons. The summed E-state index contributed by atoms with van der Waals surface area (Å²) in [5.74, 6) is -0.310. The van der Waals surface area contributed by atoms with E-state index in [9.17, 15) is 34.2 Å². The second kappa shape index (κ2) is 16.7. The van der Waals surface area contributed by atoms with Gasteiger partial charge in [-0.2, -0.15) is 0 Å². The number of aliphatic hydroxyl groups excluding tert-OH is 1. The smallest absolute Gasteiger partial charge is 0.462 e. The van der Waals surface area contributed by atoms with Gasteiger partial charge in [0.05, 0.1) is 12.0 Å². The van der Waals surface area contributed by atoms with Crippen molar-refractivity contribution in [3.63, 3.8) is 0 Å². The maximum absolute atomic E-state index is 12.0. The van der Waals surface area contributed by atoms with Crippen molar-refractivity contribution < 1.29 is 43.4 Å². The Morgan fingerprint density at radius 3 is 2.61 bits per heavy atom. The van der Waals surface area contributed by atoms with Crippen LogP contribution in [0.4, 0.5) is 0 Å². The first-order valence-electron chi connectivity index (χ1n) is 14.6. The van der Waals surface area contributed by atoms with Crippen LogP contribution in [0.5, 0.6) is 0 Å². The number of nitrogens with two attached hydrogens (primary N) is 1. The van der Waals surface area contributed by atoms with Crippen LogP contribution in [0.1, 0.15) is 72.1 Å². The summed E-state index contributed by atoms with van der Waals surface area (Å²) in [4.78, 5) is 43.0. The monoisotopic (exact) mass is 597 g/mol. The molecule has 2 rings (SSSR count). The lowest BCUT2D eigenvalue weighted by Gasteiger charge is -2.35. The molecule has 0 saturated heterocycles. The van der Waals surface area contributed by atoms with Crippen LogP contribution in [0.2, 0.25) is 0 Å². The lowest BCUT2D eigenvalue weighted by atomic mass is 9.79. The summed E-state index contributed by atoms with van der Waals surface area (Å²) in [7, 11) is -5.04. The van der Waals surface area contributed by atoms with Crippen molar-refractivity contribution in [3.8, 4) is 0 Å². The molecular weight excluding hydrogens is 549 g/mol. The number of phosphoric ester groups is 1. The normalized spacial score (nSPS) is 27.1. The Kier molecular flexibility index (Phi) is 14.3. The molecule has 0 bridgehead atoms. The standard InChI is InChI=1S/C30H48NO9P/c1-4-23-12-13-26(33)19-24(23)14-15-30(35,16-17-31)28(40-41(36,37)38)20-25(32)10-6-5-8-22-9-7-11-27(18-22)39-29(34)21(2)3/h5-6,8,10,12-15,21-25,27-28,32,35H,4,7,9,11,16-20,31H2,1-3H3,(H2,36,37,38)/b8-5-,10-6-,15-14+. The van der Waals surface area contributed by atoms with Crippen LogP contribution in [-0.4, -0.2) is 62.2 Å². The van der Waals surface area contributed by atoms with Gasteiger partial charge in [0.2, 0.25) is 0 Å². The summed E-state index contributed by atoms with van der Waals surface area (Å²) in [6.45, 7) is 5.59. The van der Waals surface area contributed by atoms with Crippen molar-refractivity contribution in [3.05, 3.63) is 48.6 Å². The number of ketones is 1. The van der Waals surface area contributed by atoms with Crippen LogP contribution in [0.3, 0.4) is 0 Å². The quantitative estimate of drug-likeness (QED) is 0.0805. The largest absolute Gasteiger partial charge is 0.469 e. The molecule has 0 amide bonds. The zero-order valence-corrected chi connectivity index (χ0v) is 25.3. The van der Waals surface area contributed by atoms with Gasteiger partial charge < -0.3 is 30.5 Å². The summed E-state index contributed by atoms with van der Waals surface area (Å²) < 4.78 is 22.3. The number of phosphoric acid groups is 1. The summed E-state index contributed by atoms with van der Waals surface area (Å²) in [5, 5.41) is 22.2. The molecule has 1 saturated carbocycles. The molecule has 0 heterocycles. The van der Waals surface area contributed by atoms with Crippen LogP contribution in [0, 0.1) is 23.7 Å². The Labute approximate surface area is 243 Å². The second-order valence-electron chi connectivity index (χ2n) is 11.5. The maximum atomic E-state index is 12.0. The van der Waals surface area contributed by atoms with Gasteiger partial charge in [0.15, 0.2) is 5.78 Å². The SMILES string of the molecule is CCC1C=CC(=O)CC1/C=C/C(O)(CCN)C(CC(O)/C=C\C=C/C1CCCC(OC(=O)C(C)C)C1)OP(=O)(O)O. The number of aliphatic hydroxyl groups is 2. The number of hydrogen-bond acceptors (Lipinski definition) is 8. The fourth-order valence-corrected chi connectivity index (χ4v) is 5.93. The molecule has 0 aromatic carbocycles. The Hall–Kier alpha value is -1.91. The van der Waals surface area contributed by atoms with Crippen molar-refractivity contribution >= 4 is 19.6 Å². The molecule has 7 unspecified atom stereocenters. The summed E-state index contributed by atoms with van der Waals surface area (Å²) in [6.07, 6.45) is 14.6. The highest BCUT2D eigenvalue weighted by Gasteiger charge is 2.40. The number of allylic oxidation sites excluding steroid dienone is 6. The molecule has 1 fully saturated rings. The minimum Gasteiger partial charge on any atom is -0.462 e. The molecule has 2 aliphatic carbocycles. The van der Waals surface area contributed by atoms with Crippen LogP contribution in [0.15, 0.2) is 48.6 Å². The number of rotatable bonds is 15. The minimum absolute atomic E-state index is 0.00784. The van der Waals surface area contributed by atoms with E-state index in [0.717, 1.165) is 32.1 Å². The average molecular weight is 598 g/mol. The van der Waals surface area contributed by atoms with Gasteiger partial charge in [0.25, 0.3) is 0 Å². The molecular formula is C30H48NO9P. The van der Waals surface area contributed by atoms with Gasteiger partial charge in [-0.1, -0.05) is 63.3 Å². The molecule has 7 atom stereocenters. The van der Waals surface area contributed by atoms with E-state index in [-0.39, 0.29) is 67.3 Å². The van der Waals surface area contributed by atoms with Gasteiger partial charge in [0, 0.05) is 12.8 Å². The maximum Gasteiger partial charge on any atom is 0.469 e. The molecule has 0 aromatic rings. The molecule has 10 nitrogen and oxygen atoms in total. The van der Waals surface area contributed by atoms with E-state index in [1.807, 2.05) is 19.1 Å². The molecule has 6 N–H and O–H groups in total. The van der Waals surface area contributed by atoms with Gasteiger partial charge in [-0.15, -0.1) is 0 Å². The number of ether oxygens (including phenoxy) is 1. The third kappa shape index (κ3) is 12.5. The molecule has 41 heavy (non-hydrogen) atoms. The Morgan fingerprint density at radius 1 is 1.24 bits per heavy atom. The fourth-order valence-electron chi connectivity index (χ4n) is 5.33. The van der Waals surface area contributed by atoms with Crippen molar-refractivity contribution in [1.82, 2.24) is 0 Å². The van der Waals surface area contributed by atoms with Crippen LogP contribution in [-0.2, 0) is 23.4 Å². The van der Waals surface area contributed by atoms with Gasteiger partial charge in [-0.25, -0.2) is 4.57 Å². The first-order chi connectivity index (χ1) is 19.3. The average Bonchev–Trinajstić information content (AvgIpc) is 2.89. The number of esters is 1. The van der Waals surface area contributed by atoms with Crippen molar-refractivity contribution in [2.75, 3.05) is 6.54 Å². The van der Waals surface area contributed by atoms with E-state index in [1.54, 1.807) is 38.2 Å². The first-order valence-corrected chi connectivity index (χ1v) is 16.1. The molecule has 0 radical (unpaired) electrons. The zero-order chi connectivity index (χ0) is 30.6. The molecule has 0 aliphatic heterocycles. The topological polar surface area (TPSA) is 177 Å². The molecule has 0 spiro atoms. The van der Waals surface area contributed by atoms with Gasteiger partial charge in [-0.3, -0.25) is 14.1 Å². The number of carbonyl (C=O) groups excluding carboxylic acids is 2. The second-order valence-corrected chi connectivity index (χ2v) is 12.6. The molecule has 2 aliphatic rings. The van der Waals surface area contributed by atoms with Crippen LogP contribution >= 0.6 is 7.82 Å². The predicted molar refractivity (Wildman–Crippen MR) is 156 cm³/mol. The summed E-state index contributed by atoms with van der Waals surface area (Å²) in [5.41, 5.74) is 3.83. The Bertz CT molecular complexity index is 1020. The minimum atomic E-state index is -5.04. The number of carbonyl (C=O) groups is 2. The van der Waals surface area contributed by atoms with Gasteiger partial charge in [0.1, 0.15) is 17.8 Å². The third-order valence-corrected chi connectivity index (χ3v) is 8.22. The van der Waals surface area contributed by atoms with Crippen molar-refractivity contribution in [1.29, 1.82) is 0 Å². The lowest BCUT2D eigenvalue weighted by Crippen LogP contribution is -2.45. The summed E-state index contributed by atoms with van der Waals surface area (Å²) >= 11 is 0. The zero-order valence-electron chi connectivity index (χ0n) is 24.4. The Morgan fingerprint density at radius 2 is 1.98 bits per heavy atom. The van der Waals surface area contributed by atoms with E-state index in [4.69, 9.17) is 15.0 Å². The van der Waals surface area contributed by atoms with Gasteiger partial charge >= 0.3 is 13.8 Å². The highest BCUT2D eigenvalue weighted by molar-refractivity contribution is 7.46. The van der Waals surface area contributed by atoms with E-state index in [0.29, 0.717) is 0 Å². The molecule has 0 aromatic heterocycles. The Balaban J connectivity index is 2.10. The van der Waals surface area contributed by atoms with Crippen LogP contribution in [0.25, 0.3) is 0 Å². The highest BCUT2D eigenvalue weighted by atomic mass is 31.2. The number of hydrogen-bond donors (Lipinski definition) is 5. The van der Waals surface area contributed by atoms with E-state index in [2.05, 4.69) is 0 Å². The van der Waals surface area contributed by atoms with E-state index in [1.165, 1.54) is 12.2 Å². The van der Waals surface area contributed by atoms with Crippen LogP contribution < -0.4 is 5.73 Å². The lowest BCUT2D eigenvalue weighted by molar-refractivity contribution is -0.154. The first kappa shape index (κ1) is 35.3. The van der Waals surface area contributed by atoms with E-state index < -0.39 is 25.6 Å². The third-order valence-electron chi connectivity index (χ3n) is 7.69. The van der Waals surface area contributed by atoms with Crippen molar-refractivity contribution in [2.45, 2.75) is 96.1 Å². The fraction of sp³-hybridized carbons (Fsp3) is 0.667. The summed E-state index contributed by atoms with van der Waals surface area (Å²) in [6, 6.07) is 0. The predicted octanol–water partition coefficient (Wildman–Crippen LogP) is 3.89. The highest BCUT2D eigenvalue weighted by Crippen LogP contribution is 2.42. The van der Waals surface area contributed by atoms with Crippen molar-refractivity contribution in [2.24, 2.45) is 29.4 Å².